The lowest BCUT2D eigenvalue weighted by Crippen LogP contribution is -2.26. The maximum atomic E-state index is 13.5. The first kappa shape index (κ1) is 13.4. The largest absolute Gasteiger partial charge is 0.480 e. The molecule has 0 radical (unpaired) electrons. The summed E-state index contributed by atoms with van der Waals surface area (Å²) in [5.41, 5.74) is -0.0141. The maximum Gasteiger partial charge on any atom is 0.323 e. The van der Waals surface area contributed by atoms with Crippen LogP contribution in [0.4, 0.5) is 10.1 Å². The Balaban J connectivity index is 3.10. The monoisotopic (exact) mass is 262 g/mol. The van der Waals surface area contributed by atoms with E-state index in [0.29, 0.717) is 0 Å². The summed E-state index contributed by atoms with van der Waals surface area (Å²) in [6.45, 7) is -0.397. The Hall–Kier alpha value is -1.67. The molecule has 0 bridgehead atoms. The van der Waals surface area contributed by atoms with Crippen LogP contribution in [-0.4, -0.2) is 33.1 Å². The van der Waals surface area contributed by atoms with Crippen molar-refractivity contribution in [1.29, 1.82) is 0 Å². The second-order valence-electron chi connectivity index (χ2n) is 3.41. The molecule has 1 aromatic rings. The van der Waals surface area contributed by atoms with Gasteiger partial charge in [0.05, 0.1) is 10.6 Å². The van der Waals surface area contributed by atoms with Crippen LogP contribution in [0, 0.1) is 5.82 Å². The van der Waals surface area contributed by atoms with E-state index in [2.05, 4.69) is 0 Å². The summed E-state index contributed by atoms with van der Waals surface area (Å²) in [7, 11) is -2.59. The molecule has 17 heavy (non-hydrogen) atoms. The van der Waals surface area contributed by atoms with Gasteiger partial charge in [-0.3, -0.25) is 4.79 Å². The van der Waals surface area contributed by atoms with E-state index in [1.165, 1.54) is 7.05 Å². The molecule has 1 rings (SSSR count). The molecule has 0 aromatic heterocycles. The molecule has 0 aliphatic carbocycles. The van der Waals surface area contributed by atoms with Gasteiger partial charge in [0.15, 0.2) is 0 Å². The summed E-state index contributed by atoms with van der Waals surface area (Å²) in [5, 5.41) is 13.4. The highest BCUT2D eigenvalue weighted by Crippen LogP contribution is 2.20. The van der Waals surface area contributed by atoms with Gasteiger partial charge in [0.25, 0.3) is 0 Å². The SMILES string of the molecule is CN(CC(=O)O)c1ccc(S(N)(=O)=O)cc1F. The van der Waals surface area contributed by atoms with E-state index in [4.69, 9.17) is 10.2 Å². The number of benzene rings is 1. The second kappa shape index (κ2) is 4.68. The Morgan fingerprint density at radius 2 is 2.12 bits per heavy atom. The Morgan fingerprint density at radius 1 is 1.53 bits per heavy atom. The van der Waals surface area contributed by atoms with Crippen LogP contribution < -0.4 is 10.0 Å². The molecule has 94 valence electrons. The van der Waals surface area contributed by atoms with Crippen molar-refractivity contribution in [2.75, 3.05) is 18.5 Å². The average molecular weight is 262 g/mol. The maximum absolute atomic E-state index is 13.5. The highest BCUT2D eigenvalue weighted by atomic mass is 32.2. The molecule has 1 aromatic carbocycles. The summed E-state index contributed by atoms with van der Waals surface area (Å²) in [6, 6.07) is 3.03. The molecule has 0 aliphatic heterocycles. The van der Waals surface area contributed by atoms with Crippen molar-refractivity contribution in [3.8, 4) is 0 Å². The van der Waals surface area contributed by atoms with Crippen LogP contribution in [0.5, 0.6) is 0 Å². The van der Waals surface area contributed by atoms with Gasteiger partial charge in [-0.15, -0.1) is 0 Å². The predicted octanol–water partition coefficient (Wildman–Crippen LogP) is -0.00610. The third-order valence-electron chi connectivity index (χ3n) is 2.03. The van der Waals surface area contributed by atoms with Crippen molar-refractivity contribution in [1.82, 2.24) is 0 Å². The summed E-state index contributed by atoms with van der Waals surface area (Å²) in [5.74, 6) is -1.97. The number of nitrogens with zero attached hydrogens (tertiary/aromatic N) is 1. The number of carboxylic acids is 1. The van der Waals surface area contributed by atoms with E-state index in [1.807, 2.05) is 0 Å². The van der Waals surface area contributed by atoms with Crippen LogP contribution in [0.2, 0.25) is 0 Å². The van der Waals surface area contributed by atoms with E-state index in [0.717, 1.165) is 23.1 Å². The third kappa shape index (κ3) is 3.40. The molecule has 0 saturated heterocycles. The molecule has 0 spiro atoms. The number of hydrogen-bond donors (Lipinski definition) is 2. The zero-order valence-electron chi connectivity index (χ0n) is 8.92. The van der Waals surface area contributed by atoms with Crippen LogP contribution in [0.3, 0.4) is 0 Å². The number of likely N-dealkylation sites (N-methyl/N-ethyl adjacent to an activating group) is 1. The van der Waals surface area contributed by atoms with Crippen LogP contribution in [0.25, 0.3) is 0 Å². The normalized spacial score (nSPS) is 11.2. The fourth-order valence-electron chi connectivity index (χ4n) is 1.26. The number of sulfonamides is 1. The van der Waals surface area contributed by atoms with E-state index >= 15 is 0 Å². The van der Waals surface area contributed by atoms with Crippen LogP contribution in [0.15, 0.2) is 23.1 Å². The smallest absolute Gasteiger partial charge is 0.323 e. The van der Waals surface area contributed by atoms with Gasteiger partial charge in [-0.1, -0.05) is 0 Å². The molecule has 6 nitrogen and oxygen atoms in total. The van der Waals surface area contributed by atoms with Gasteiger partial charge in [0, 0.05) is 7.05 Å². The molecule has 0 amide bonds. The predicted molar refractivity (Wildman–Crippen MR) is 58.7 cm³/mol. The van der Waals surface area contributed by atoms with Gasteiger partial charge in [0.2, 0.25) is 10.0 Å². The lowest BCUT2D eigenvalue weighted by molar-refractivity contribution is -0.135. The summed E-state index contributed by atoms with van der Waals surface area (Å²) in [6.07, 6.45) is 0. The van der Waals surface area contributed by atoms with Gasteiger partial charge >= 0.3 is 5.97 Å². The minimum atomic E-state index is -3.97. The number of aliphatic carboxylic acids is 1. The first-order chi connectivity index (χ1) is 7.71. The van der Waals surface area contributed by atoms with Crippen molar-refractivity contribution in [3.63, 3.8) is 0 Å². The Kier molecular flexibility index (Phi) is 3.69. The molecule has 3 N–H and O–H groups in total. The van der Waals surface area contributed by atoms with Gasteiger partial charge in [-0.2, -0.15) is 0 Å². The zero-order valence-corrected chi connectivity index (χ0v) is 9.74. The first-order valence-electron chi connectivity index (χ1n) is 4.47. The third-order valence-corrected chi connectivity index (χ3v) is 2.94. The van der Waals surface area contributed by atoms with Gasteiger partial charge in [-0.25, -0.2) is 17.9 Å². The van der Waals surface area contributed by atoms with E-state index in [1.54, 1.807) is 0 Å². The molecule has 0 heterocycles. The Morgan fingerprint density at radius 3 is 2.53 bits per heavy atom. The van der Waals surface area contributed by atoms with E-state index < -0.39 is 28.4 Å². The lowest BCUT2D eigenvalue weighted by Gasteiger charge is -2.17. The van der Waals surface area contributed by atoms with Gasteiger partial charge in [0.1, 0.15) is 12.4 Å². The van der Waals surface area contributed by atoms with Crippen molar-refractivity contribution < 1.29 is 22.7 Å². The quantitative estimate of drug-likeness (QED) is 0.795. The minimum Gasteiger partial charge on any atom is -0.480 e. The Bertz CT molecular complexity index is 544. The second-order valence-corrected chi connectivity index (χ2v) is 4.97. The number of primary sulfonamides is 1. The van der Waals surface area contributed by atoms with Crippen molar-refractivity contribution in [2.45, 2.75) is 4.90 Å². The highest BCUT2D eigenvalue weighted by Gasteiger charge is 2.15. The topological polar surface area (TPSA) is 101 Å². The van der Waals surface area contributed by atoms with Crippen LogP contribution >= 0.6 is 0 Å². The summed E-state index contributed by atoms with van der Waals surface area (Å²) in [4.78, 5) is 11.2. The molecular formula is C9H11FN2O4S. The minimum absolute atomic E-state index is 0.0141. The fourth-order valence-corrected chi connectivity index (χ4v) is 1.79. The average Bonchev–Trinajstić information content (AvgIpc) is 2.14. The molecule has 0 aliphatic rings. The lowest BCUT2D eigenvalue weighted by atomic mass is 10.3. The van der Waals surface area contributed by atoms with Gasteiger partial charge < -0.3 is 10.0 Å². The molecular weight excluding hydrogens is 251 g/mol. The van der Waals surface area contributed by atoms with Crippen molar-refractivity contribution in [2.24, 2.45) is 5.14 Å². The highest BCUT2D eigenvalue weighted by molar-refractivity contribution is 7.89. The number of carbonyl (C=O) groups is 1. The summed E-state index contributed by atoms with van der Waals surface area (Å²) < 4.78 is 35.4. The number of anilines is 1. The Labute approximate surface area is 97.5 Å². The van der Waals surface area contributed by atoms with Crippen LogP contribution in [-0.2, 0) is 14.8 Å². The van der Waals surface area contributed by atoms with Crippen molar-refractivity contribution >= 4 is 21.7 Å². The number of halogens is 1. The molecule has 0 unspecified atom stereocenters. The van der Waals surface area contributed by atoms with Gasteiger partial charge in [-0.05, 0) is 18.2 Å². The molecule has 0 fully saturated rings. The van der Waals surface area contributed by atoms with Crippen molar-refractivity contribution in [3.05, 3.63) is 24.0 Å². The summed E-state index contributed by atoms with van der Waals surface area (Å²) >= 11 is 0. The first-order valence-corrected chi connectivity index (χ1v) is 6.01. The number of hydrogen-bond acceptors (Lipinski definition) is 4. The van der Waals surface area contributed by atoms with E-state index in [9.17, 15) is 17.6 Å². The van der Waals surface area contributed by atoms with Crippen LogP contribution in [0.1, 0.15) is 0 Å². The fraction of sp³-hybridized carbons (Fsp3) is 0.222. The number of rotatable bonds is 4. The molecule has 0 saturated carbocycles. The zero-order chi connectivity index (χ0) is 13.2. The molecule has 8 heteroatoms. The standard InChI is InChI=1S/C9H11FN2O4S/c1-12(5-9(13)14)8-3-2-6(4-7(8)10)17(11,15)16/h2-4H,5H2,1H3,(H,13,14)(H2,11,15,16). The van der Waals surface area contributed by atoms with E-state index in [-0.39, 0.29) is 10.6 Å². The molecule has 0 atom stereocenters. The number of carboxylic acid groups (broad SMARTS) is 1. The number of nitrogens with two attached hydrogens (primary N) is 1.